The lowest BCUT2D eigenvalue weighted by atomic mass is 9.92. The Morgan fingerprint density at radius 3 is 2.44 bits per heavy atom. The Balaban J connectivity index is 2.04. The van der Waals surface area contributed by atoms with Crippen LogP contribution in [-0.4, -0.2) is 44.3 Å². The van der Waals surface area contributed by atoms with Gasteiger partial charge in [0, 0.05) is 13.1 Å². The highest BCUT2D eigenvalue weighted by molar-refractivity contribution is 7.89. The van der Waals surface area contributed by atoms with Crippen molar-refractivity contribution >= 4 is 39.2 Å². The Labute approximate surface area is 165 Å². The van der Waals surface area contributed by atoms with Crippen LogP contribution in [0.5, 0.6) is 0 Å². The van der Waals surface area contributed by atoms with Crippen LogP contribution in [0, 0.1) is 5.41 Å². The lowest BCUT2D eigenvalue weighted by Crippen LogP contribution is -2.28. The van der Waals surface area contributed by atoms with E-state index in [2.05, 4.69) is 5.32 Å². The summed E-state index contributed by atoms with van der Waals surface area (Å²) in [6.45, 7) is 6.17. The molecule has 0 radical (unpaired) electrons. The Hall–Kier alpha value is -1.64. The first-order chi connectivity index (χ1) is 12.5. The largest absolute Gasteiger partial charge is 0.456 e. The molecule has 0 spiro atoms. The summed E-state index contributed by atoms with van der Waals surface area (Å²) < 4.78 is 31.6. The maximum atomic E-state index is 12.6. The SMILES string of the molecule is CC(C)(C)CC(=O)OCC(=O)Nc1cc(S(=O)(=O)N2CCCC2)ccc1Cl. The number of ether oxygens (including phenoxy) is 1. The maximum absolute atomic E-state index is 12.6. The molecule has 1 aliphatic heterocycles. The van der Waals surface area contributed by atoms with Crippen molar-refractivity contribution in [1.29, 1.82) is 0 Å². The number of esters is 1. The van der Waals surface area contributed by atoms with E-state index in [1.165, 1.54) is 22.5 Å². The molecule has 1 amide bonds. The zero-order valence-corrected chi connectivity index (χ0v) is 17.3. The molecule has 1 aliphatic rings. The minimum absolute atomic E-state index is 0.0637. The molecule has 1 fully saturated rings. The Morgan fingerprint density at radius 2 is 1.85 bits per heavy atom. The van der Waals surface area contributed by atoms with Gasteiger partial charge in [0.05, 0.1) is 22.0 Å². The lowest BCUT2D eigenvalue weighted by molar-refractivity contribution is -0.149. The van der Waals surface area contributed by atoms with E-state index in [-0.39, 0.29) is 27.4 Å². The van der Waals surface area contributed by atoms with Crippen molar-refractivity contribution in [1.82, 2.24) is 4.31 Å². The van der Waals surface area contributed by atoms with E-state index in [9.17, 15) is 18.0 Å². The van der Waals surface area contributed by atoms with Gasteiger partial charge < -0.3 is 10.1 Å². The predicted octanol–water partition coefficient (Wildman–Crippen LogP) is 3.04. The van der Waals surface area contributed by atoms with Gasteiger partial charge in [-0.15, -0.1) is 0 Å². The van der Waals surface area contributed by atoms with Crippen molar-refractivity contribution < 1.29 is 22.7 Å². The fourth-order valence-electron chi connectivity index (χ4n) is 2.65. The van der Waals surface area contributed by atoms with Crippen LogP contribution in [0.1, 0.15) is 40.0 Å². The number of carbonyl (C=O) groups is 2. The first-order valence-corrected chi connectivity index (χ1v) is 10.6. The number of benzene rings is 1. The summed E-state index contributed by atoms with van der Waals surface area (Å²) >= 11 is 6.07. The standard InChI is InChI=1S/C18H25ClN2O5S/c1-18(2,3)11-17(23)26-12-16(22)20-15-10-13(6-7-14(15)19)27(24,25)21-8-4-5-9-21/h6-7,10H,4-5,8-9,11-12H2,1-3H3,(H,20,22). The second-order valence-electron chi connectivity index (χ2n) is 7.70. The number of carbonyl (C=O) groups excluding carboxylic acids is 2. The highest BCUT2D eigenvalue weighted by Gasteiger charge is 2.28. The van der Waals surface area contributed by atoms with Crippen molar-refractivity contribution in [3.05, 3.63) is 23.2 Å². The summed E-state index contributed by atoms with van der Waals surface area (Å²) in [6.07, 6.45) is 1.84. The average Bonchev–Trinajstić information content (AvgIpc) is 3.08. The molecule has 0 saturated carbocycles. The molecule has 7 nitrogen and oxygen atoms in total. The molecular weight excluding hydrogens is 392 g/mol. The number of amides is 1. The number of halogens is 1. The fraction of sp³-hybridized carbons (Fsp3) is 0.556. The van der Waals surface area contributed by atoms with Crippen LogP contribution in [0.3, 0.4) is 0 Å². The van der Waals surface area contributed by atoms with E-state index >= 15 is 0 Å². The highest BCUT2D eigenvalue weighted by atomic mass is 35.5. The van der Waals surface area contributed by atoms with E-state index < -0.39 is 28.5 Å². The fourth-order valence-corrected chi connectivity index (χ4v) is 4.36. The molecular formula is C18H25ClN2O5S. The van der Waals surface area contributed by atoms with Crippen LogP contribution < -0.4 is 5.32 Å². The van der Waals surface area contributed by atoms with E-state index in [0.717, 1.165) is 12.8 Å². The van der Waals surface area contributed by atoms with E-state index in [4.69, 9.17) is 16.3 Å². The number of hydrogen-bond donors (Lipinski definition) is 1. The quantitative estimate of drug-likeness (QED) is 0.719. The summed E-state index contributed by atoms with van der Waals surface area (Å²) in [6, 6.07) is 4.16. The molecule has 0 atom stereocenters. The molecule has 1 saturated heterocycles. The average molecular weight is 417 g/mol. The number of anilines is 1. The van der Waals surface area contributed by atoms with Crippen LogP contribution in [-0.2, 0) is 24.3 Å². The molecule has 1 aromatic carbocycles. The second kappa shape index (κ2) is 8.58. The van der Waals surface area contributed by atoms with Gasteiger partial charge in [-0.2, -0.15) is 4.31 Å². The third-order valence-corrected chi connectivity index (χ3v) is 6.18. The van der Waals surface area contributed by atoms with Crippen LogP contribution in [0.15, 0.2) is 23.1 Å². The van der Waals surface area contributed by atoms with Gasteiger partial charge in [-0.05, 0) is 36.5 Å². The molecule has 0 bridgehead atoms. The third kappa shape index (κ3) is 6.19. The minimum atomic E-state index is -3.62. The van der Waals surface area contributed by atoms with E-state index in [0.29, 0.717) is 13.1 Å². The van der Waals surface area contributed by atoms with Crippen molar-refractivity contribution in [2.75, 3.05) is 25.0 Å². The first-order valence-electron chi connectivity index (χ1n) is 8.74. The third-order valence-electron chi connectivity index (χ3n) is 3.95. The number of hydrogen-bond acceptors (Lipinski definition) is 5. The first kappa shape index (κ1) is 21.7. The molecule has 1 aromatic rings. The van der Waals surface area contributed by atoms with Crippen molar-refractivity contribution in [2.24, 2.45) is 5.41 Å². The van der Waals surface area contributed by atoms with Gasteiger partial charge in [-0.1, -0.05) is 32.4 Å². The van der Waals surface area contributed by atoms with Gasteiger partial charge in [0.2, 0.25) is 10.0 Å². The highest BCUT2D eigenvalue weighted by Crippen LogP contribution is 2.28. The summed E-state index contributed by atoms with van der Waals surface area (Å²) in [5.74, 6) is -1.07. The Kier molecular flexibility index (Phi) is 6.88. The van der Waals surface area contributed by atoms with Gasteiger partial charge in [0.25, 0.3) is 5.91 Å². The smallest absolute Gasteiger partial charge is 0.306 e. The van der Waals surface area contributed by atoms with Crippen LogP contribution in [0.4, 0.5) is 5.69 Å². The van der Waals surface area contributed by atoms with Crippen molar-refractivity contribution in [2.45, 2.75) is 44.9 Å². The van der Waals surface area contributed by atoms with Crippen LogP contribution in [0.2, 0.25) is 5.02 Å². The molecule has 0 unspecified atom stereocenters. The van der Waals surface area contributed by atoms with Gasteiger partial charge in [0.1, 0.15) is 0 Å². The van der Waals surface area contributed by atoms with Gasteiger partial charge >= 0.3 is 5.97 Å². The van der Waals surface area contributed by atoms with Gasteiger partial charge in [-0.25, -0.2) is 8.42 Å². The van der Waals surface area contributed by atoms with Crippen LogP contribution >= 0.6 is 11.6 Å². The summed E-state index contributed by atoms with van der Waals surface area (Å²) in [5, 5.41) is 2.70. The molecule has 0 aromatic heterocycles. The molecule has 0 aliphatic carbocycles. The zero-order chi connectivity index (χ0) is 20.2. The summed E-state index contributed by atoms with van der Waals surface area (Å²) in [7, 11) is -3.62. The van der Waals surface area contributed by atoms with Gasteiger partial charge in [-0.3, -0.25) is 9.59 Å². The Bertz CT molecular complexity index is 812. The topological polar surface area (TPSA) is 92.8 Å². The van der Waals surface area contributed by atoms with E-state index in [1.54, 1.807) is 0 Å². The molecule has 1 N–H and O–H groups in total. The lowest BCUT2D eigenvalue weighted by Gasteiger charge is -2.17. The Morgan fingerprint density at radius 1 is 1.22 bits per heavy atom. The number of nitrogens with one attached hydrogen (secondary N) is 1. The normalized spacial score (nSPS) is 15.6. The summed E-state index contributed by atoms with van der Waals surface area (Å²) in [5.41, 5.74) is -0.0800. The molecule has 2 rings (SSSR count). The molecule has 1 heterocycles. The number of sulfonamides is 1. The van der Waals surface area contributed by atoms with Crippen molar-refractivity contribution in [3.63, 3.8) is 0 Å². The number of nitrogens with zero attached hydrogens (tertiary/aromatic N) is 1. The monoisotopic (exact) mass is 416 g/mol. The molecule has 150 valence electrons. The zero-order valence-electron chi connectivity index (χ0n) is 15.7. The maximum Gasteiger partial charge on any atom is 0.306 e. The van der Waals surface area contributed by atoms with E-state index in [1.807, 2.05) is 20.8 Å². The van der Waals surface area contributed by atoms with Crippen molar-refractivity contribution in [3.8, 4) is 0 Å². The van der Waals surface area contributed by atoms with Crippen LogP contribution in [0.25, 0.3) is 0 Å². The summed E-state index contributed by atoms with van der Waals surface area (Å²) in [4.78, 5) is 23.8. The minimum Gasteiger partial charge on any atom is -0.456 e. The second-order valence-corrected chi connectivity index (χ2v) is 10.0. The number of rotatable bonds is 6. The molecule has 27 heavy (non-hydrogen) atoms. The molecule has 9 heteroatoms. The van der Waals surface area contributed by atoms with Gasteiger partial charge in [0.15, 0.2) is 6.61 Å². The predicted molar refractivity (Wildman–Crippen MR) is 103 cm³/mol.